The molecule has 0 amide bonds. The summed E-state index contributed by atoms with van der Waals surface area (Å²) in [6.07, 6.45) is 3.53. The van der Waals surface area contributed by atoms with E-state index in [1.807, 2.05) is 44.2 Å². The lowest BCUT2D eigenvalue weighted by Gasteiger charge is -2.32. The summed E-state index contributed by atoms with van der Waals surface area (Å²) >= 11 is 0. The molecule has 1 unspecified atom stereocenters. The summed E-state index contributed by atoms with van der Waals surface area (Å²) < 4.78 is 11.5. The number of anilines is 1. The quantitative estimate of drug-likeness (QED) is 0.700. The van der Waals surface area contributed by atoms with E-state index in [9.17, 15) is 0 Å². The smallest absolute Gasteiger partial charge is 0.132 e. The molecule has 1 aromatic carbocycles. The predicted molar refractivity (Wildman–Crippen MR) is 105 cm³/mol. The fourth-order valence-corrected chi connectivity index (χ4v) is 3.21. The molecule has 1 saturated heterocycles. The minimum absolute atomic E-state index is 0.0131. The van der Waals surface area contributed by atoms with Crippen molar-refractivity contribution in [3.63, 3.8) is 0 Å². The molecule has 0 saturated carbocycles. The Balaban J connectivity index is 1.68. The van der Waals surface area contributed by atoms with Crippen molar-refractivity contribution in [2.24, 2.45) is 0 Å². The summed E-state index contributed by atoms with van der Waals surface area (Å²) in [6.45, 7) is 10.0. The number of benzene rings is 1. The van der Waals surface area contributed by atoms with Gasteiger partial charge in [0.05, 0.1) is 30.0 Å². The molecule has 0 aliphatic carbocycles. The molecule has 1 atom stereocenters. The number of rotatable bonds is 5. The van der Waals surface area contributed by atoms with Crippen molar-refractivity contribution in [2.45, 2.75) is 26.1 Å². The van der Waals surface area contributed by atoms with E-state index < -0.39 is 0 Å². The third-order valence-corrected chi connectivity index (χ3v) is 4.48. The largest absolute Gasteiger partial charge is 0.491 e. The molecule has 3 heterocycles. The van der Waals surface area contributed by atoms with Crippen LogP contribution in [0.25, 0.3) is 22.3 Å². The third-order valence-electron chi connectivity index (χ3n) is 4.48. The molecule has 0 radical (unpaired) electrons. The maximum absolute atomic E-state index is 5.82. The van der Waals surface area contributed by atoms with Crippen molar-refractivity contribution >= 4 is 16.7 Å². The number of morpholine rings is 1. The lowest BCUT2D eigenvalue weighted by molar-refractivity contribution is 0.0716. The van der Waals surface area contributed by atoms with Crippen LogP contribution in [0.2, 0.25) is 0 Å². The molecule has 3 aromatic rings. The molecule has 1 fully saturated rings. The van der Waals surface area contributed by atoms with Gasteiger partial charge in [0.15, 0.2) is 0 Å². The van der Waals surface area contributed by atoms with E-state index in [-0.39, 0.29) is 12.2 Å². The van der Waals surface area contributed by atoms with Crippen molar-refractivity contribution in [2.75, 3.05) is 24.6 Å². The summed E-state index contributed by atoms with van der Waals surface area (Å²) in [5, 5.41) is 8.52. The SMILES string of the molecule is C=CC1CN(c2cc(-c3n[nH]c4ccc(OC(C)C)cc34)ncn2)CCO1. The van der Waals surface area contributed by atoms with E-state index in [0.29, 0.717) is 6.61 Å². The normalized spacial score (nSPS) is 17.4. The second-order valence-electron chi connectivity index (χ2n) is 6.80. The fraction of sp³-hybridized carbons (Fsp3) is 0.350. The number of hydrogen-bond acceptors (Lipinski definition) is 6. The Hall–Kier alpha value is -2.93. The van der Waals surface area contributed by atoms with Gasteiger partial charge < -0.3 is 14.4 Å². The first-order valence-electron chi connectivity index (χ1n) is 9.10. The number of hydrogen-bond donors (Lipinski definition) is 1. The Morgan fingerprint density at radius 3 is 3.04 bits per heavy atom. The summed E-state index contributed by atoms with van der Waals surface area (Å²) in [7, 11) is 0. The van der Waals surface area contributed by atoms with Gasteiger partial charge in [0.2, 0.25) is 0 Å². The summed E-state index contributed by atoms with van der Waals surface area (Å²) in [4.78, 5) is 11.1. The highest BCUT2D eigenvalue weighted by Crippen LogP contribution is 2.30. The van der Waals surface area contributed by atoms with Gasteiger partial charge in [0.25, 0.3) is 0 Å². The van der Waals surface area contributed by atoms with Gasteiger partial charge in [-0.05, 0) is 32.0 Å². The molecule has 140 valence electrons. The lowest BCUT2D eigenvalue weighted by Crippen LogP contribution is -2.42. The molecule has 7 nitrogen and oxygen atoms in total. The zero-order chi connectivity index (χ0) is 18.8. The van der Waals surface area contributed by atoms with E-state index >= 15 is 0 Å². The van der Waals surface area contributed by atoms with Gasteiger partial charge >= 0.3 is 0 Å². The van der Waals surface area contributed by atoms with Crippen LogP contribution in [-0.2, 0) is 4.74 Å². The Bertz CT molecular complexity index is 952. The monoisotopic (exact) mass is 365 g/mol. The molecule has 27 heavy (non-hydrogen) atoms. The van der Waals surface area contributed by atoms with Crippen molar-refractivity contribution in [1.29, 1.82) is 0 Å². The zero-order valence-corrected chi connectivity index (χ0v) is 15.6. The number of aromatic amines is 1. The fourth-order valence-electron chi connectivity index (χ4n) is 3.21. The Labute approximate surface area is 158 Å². The topological polar surface area (TPSA) is 76.2 Å². The predicted octanol–water partition coefficient (Wildman–Crippen LogP) is 3.20. The van der Waals surface area contributed by atoms with Crippen LogP contribution in [0.4, 0.5) is 5.82 Å². The molecule has 1 aliphatic heterocycles. The molecule has 1 aliphatic rings. The first kappa shape index (κ1) is 17.5. The second-order valence-corrected chi connectivity index (χ2v) is 6.80. The second kappa shape index (κ2) is 7.36. The van der Waals surface area contributed by atoms with Crippen LogP contribution in [0.5, 0.6) is 5.75 Å². The van der Waals surface area contributed by atoms with E-state index in [1.54, 1.807) is 6.33 Å². The van der Waals surface area contributed by atoms with Gasteiger partial charge in [-0.3, -0.25) is 5.10 Å². The van der Waals surface area contributed by atoms with E-state index in [0.717, 1.165) is 46.9 Å². The Kier molecular flexibility index (Phi) is 4.77. The van der Waals surface area contributed by atoms with Gasteiger partial charge in [0, 0.05) is 24.5 Å². The average molecular weight is 365 g/mol. The van der Waals surface area contributed by atoms with Gasteiger partial charge in [-0.25, -0.2) is 9.97 Å². The molecule has 4 rings (SSSR count). The molecule has 7 heteroatoms. The highest BCUT2D eigenvalue weighted by molar-refractivity contribution is 5.93. The van der Waals surface area contributed by atoms with Crippen LogP contribution in [0, 0.1) is 0 Å². The van der Waals surface area contributed by atoms with Crippen molar-refractivity contribution in [3.8, 4) is 17.1 Å². The van der Waals surface area contributed by atoms with Gasteiger partial charge in [0.1, 0.15) is 23.6 Å². The average Bonchev–Trinajstić information content (AvgIpc) is 3.11. The Morgan fingerprint density at radius 2 is 2.22 bits per heavy atom. The molecular weight excluding hydrogens is 342 g/mol. The molecule has 0 bridgehead atoms. The standard InChI is InChI=1S/C20H23N5O2/c1-4-14-11-25(7-8-26-14)19-10-18(21-12-22-19)20-16-9-15(27-13(2)3)5-6-17(16)23-24-20/h4-6,9-10,12-14H,1,7-8,11H2,2-3H3,(H,23,24). The van der Waals surface area contributed by atoms with Crippen LogP contribution >= 0.6 is 0 Å². The number of fused-ring (bicyclic) bond motifs is 1. The van der Waals surface area contributed by atoms with Crippen molar-refractivity contribution < 1.29 is 9.47 Å². The zero-order valence-electron chi connectivity index (χ0n) is 15.6. The molecule has 0 spiro atoms. The maximum atomic E-state index is 5.82. The van der Waals surface area contributed by atoms with Crippen LogP contribution in [0.3, 0.4) is 0 Å². The molecular formula is C20H23N5O2. The first-order valence-corrected chi connectivity index (χ1v) is 9.10. The Morgan fingerprint density at radius 1 is 1.33 bits per heavy atom. The molecule has 2 aromatic heterocycles. The van der Waals surface area contributed by atoms with Crippen LogP contribution in [0.1, 0.15) is 13.8 Å². The van der Waals surface area contributed by atoms with Crippen LogP contribution in [0.15, 0.2) is 43.2 Å². The highest BCUT2D eigenvalue weighted by Gasteiger charge is 2.20. The van der Waals surface area contributed by atoms with Crippen LogP contribution in [-0.4, -0.2) is 52.1 Å². The van der Waals surface area contributed by atoms with Gasteiger partial charge in [-0.1, -0.05) is 6.08 Å². The molecule has 1 N–H and O–H groups in total. The minimum Gasteiger partial charge on any atom is -0.491 e. The van der Waals surface area contributed by atoms with Crippen LogP contribution < -0.4 is 9.64 Å². The lowest BCUT2D eigenvalue weighted by atomic mass is 10.1. The van der Waals surface area contributed by atoms with E-state index in [1.165, 1.54) is 0 Å². The van der Waals surface area contributed by atoms with Crippen molar-refractivity contribution in [3.05, 3.63) is 43.2 Å². The number of nitrogens with zero attached hydrogens (tertiary/aromatic N) is 4. The first-order chi connectivity index (χ1) is 13.1. The highest BCUT2D eigenvalue weighted by atomic mass is 16.5. The minimum atomic E-state index is 0.0131. The van der Waals surface area contributed by atoms with Gasteiger partial charge in [-0.15, -0.1) is 6.58 Å². The third kappa shape index (κ3) is 3.64. The van der Waals surface area contributed by atoms with E-state index in [4.69, 9.17) is 9.47 Å². The maximum Gasteiger partial charge on any atom is 0.132 e. The van der Waals surface area contributed by atoms with E-state index in [2.05, 4.69) is 31.6 Å². The number of ether oxygens (including phenoxy) is 2. The number of H-pyrrole nitrogens is 1. The van der Waals surface area contributed by atoms with Crippen molar-refractivity contribution in [1.82, 2.24) is 20.2 Å². The number of nitrogens with one attached hydrogen (secondary N) is 1. The summed E-state index contributed by atoms with van der Waals surface area (Å²) in [6, 6.07) is 7.89. The summed E-state index contributed by atoms with van der Waals surface area (Å²) in [5.74, 6) is 1.68. The number of aromatic nitrogens is 4. The van der Waals surface area contributed by atoms with Gasteiger partial charge in [-0.2, -0.15) is 5.10 Å². The summed E-state index contributed by atoms with van der Waals surface area (Å²) in [5.41, 5.74) is 2.50.